The van der Waals surface area contributed by atoms with Crippen molar-refractivity contribution in [3.63, 3.8) is 0 Å². The first-order chi connectivity index (χ1) is 17.6. The van der Waals surface area contributed by atoms with Crippen LogP contribution in [-0.2, 0) is 14.0 Å². The van der Waals surface area contributed by atoms with Crippen LogP contribution in [0.15, 0.2) is 48.9 Å². The fraction of sp³-hybridized carbons (Fsp3) is 0.481. The molecule has 9 nitrogen and oxygen atoms in total. The highest BCUT2D eigenvalue weighted by Crippen LogP contribution is 2.46. The van der Waals surface area contributed by atoms with Gasteiger partial charge in [0.05, 0.1) is 12.0 Å². The first-order valence-electron chi connectivity index (χ1n) is 12.8. The fourth-order valence-electron chi connectivity index (χ4n) is 5.76. The fourth-order valence-corrected chi connectivity index (χ4v) is 11.3. The normalized spacial score (nSPS) is 20.5. The molecule has 0 bridgehead atoms. The van der Waals surface area contributed by atoms with Gasteiger partial charge in [0, 0.05) is 11.8 Å². The molecule has 1 fully saturated rings. The van der Waals surface area contributed by atoms with E-state index in [-0.39, 0.29) is 28.3 Å². The number of aromatic nitrogens is 3. The van der Waals surface area contributed by atoms with Crippen LogP contribution in [-0.4, -0.2) is 58.5 Å². The summed E-state index contributed by atoms with van der Waals surface area (Å²) in [6.07, 6.45) is 0.450. The molecular weight excluding hydrogens is 488 g/mol. The number of hydrogen-bond acceptors (Lipinski definition) is 7. The molecule has 1 aliphatic heterocycles. The minimum atomic E-state index is -2.45. The van der Waals surface area contributed by atoms with Crippen LogP contribution in [0, 0.1) is 0 Å². The molecule has 1 saturated heterocycles. The highest BCUT2D eigenvalue weighted by Gasteiger charge is 2.53. The van der Waals surface area contributed by atoms with Gasteiger partial charge < -0.3 is 24.2 Å². The maximum absolute atomic E-state index is 13.4. The number of hydrogen-bond donors (Lipinski definition) is 2. The smallest absolute Gasteiger partial charge is 0.256 e. The van der Waals surface area contributed by atoms with Crippen molar-refractivity contribution in [1.82, 2.24) is 14.5 Å². The number of benzene rings is 1. The third-order valence-corrected chi connectivity index (χ3v) is 13.5. The number of nitrogens with zero attached hydrogens (tertiary/aromatic N) is 3. The molecule has 2 aromatic heterocycles. The summed E-state index contributed by atoms with van der Waals surface area (Å²) in [5.41, 5.74) is 1.79. The molecule has 1 aromatic carbocycles. The highest BCUT2D eigenvalue weighted by atomic mass is 28.4. The summed E-state index contributed by atoms with van der Waals surface area (Å²) in [7, 11) is -2.45. The molecule has 1 aliphatic rings. The second-order valence-corrected chi connectivity index (χ2v) is 15.9. The predicted molar refractivity (Wildman–Crippen MR) is 144 cm³/mol. The van der Waals surface area contributed by atoms with E-state index < -0.39 is 33.4 Å². The quantitative estimate of drug-likeness (QED) is 0.390. The van der Waals surface area contributed by atoms with Crippen LogP contribution in [0.25, 0.3) is 11.0 Å². The number of amides is 1. The first-order valence-corrected chi connectivity index (χ1v) is 14.9. The molecule has 0 aliphatic carbocycles. The number of anilines is 1. The van der Waals surface area contributed by atoms with E-state index in [1.54, 1.807) is 41.1 Å². The number of ether oxygens (including phenoxy) is 1. The number of nitrogens with one attached hydrogen (secondary N) is 1. The molecule has 198 valence electrons. The zero-order chi connectivity index (χ0) is 26.9. The average Bonchev–Trinajstić information content (AvgIpc) is 3.43. The van der Waals surface area contributed by atoms with Gasteiger partial charge in [-0.3, -0.25) is 9.59 Å². The van der Waals surface area contributed by atoms with E-state index in [1.165, 1.54) is 6.33 Å². The maximum atomic E-state index is 13.4. The summed E-state index contributed by atoms with van der Waals surface area (Å²) in [4.78, 5) is 34.9. The van der Waals surface area contributed by atoms with Crippen LogP contribution in [0.4, 0.5) is 5.82 Å². The van der Waals surface area contributed by atoms with Gasteiger partial charge in [0.1, 0.15) is 23.9 Å². The van der Waals surface area contributed by atoms with E-state index in [4.69, 9.17) is 9.16 Å². The molecular formula is C27H36N4O5Si. The molecule has 4 rings (SSSR count). The van der Waals surface area contributed by atoms with Gasteiger partial charge >= 0.3 is 0 Å². The average molecular weight is 525 g/mol. The number of Topliss-reactive ketones (excluding diaryl/α,β-unsaturated/α-hetero) is 1. The lowest BCUT2D eigenvalue weighted by atomic mass is 10.2. The minimum absolute atomic E-state index is 0.262. The number of aliphatic hydroxyl groups excluding tert-OH is 1. The van der Waals surface area contributed by atoms with Crippen molar-refractivity contribution >= 4 is 36.9 Å². The van der Waals surface area contributed by atoms with Crippen molar-refractivity contribution in [2.45, 2.75) is 76.6 Å². The van der Waals surface area contributed by atoms with Gasteiger partial charge in [-0.05, 0) is 34.8 Å². The number of carbonyl (C=O) groups is 2. The van der Waals surface area contributed by atoms with Crippen LogP contribution in [0.1, 0.15) is 58.1 Å². The molecule has 2 N–H and O–H groups in total. The van der Waals surface area contributed by atoms with Gasteiger partial charge in [-0.25, -0.2) is 9.97 Å². The predicted octanol–water partition coefficient (Wildman–Crippen LogP) is 4.70. The van der Waals surface area contributed by atoms with Crippen molar-refractivity contribution < 1.29 is 23.9 Å². The SMILES string of the molecule is CC(C)[Si](O[C@@H]1C(=O)[C@@H](CO)O[C@H]1n1ccc2c(NC(=O)c3ccccc3)ncnc21)(C(C)C)C(C)C. The summed E-state index contributed by atoms with van der Waals surface area (Å²) in [6, 6.07) is 10.7. The number of aliphatic hydroxyl groups is 1. The largest absolute Gasteiger partial charge is 0.402 e. The van der Waals surface area contributed by atoms with Gasteiger partial charge in [0.2, 0.25) is 8.32 Å². The Hall–Kier alpha value is -2.92. The maximum Gasteiger partial charge on any atom is 0.256 e. The Morgan fingerprint density at radius 1 is 1.08 bits per heavy atom. The van der Waals surface area contributed by atoms with E-state index >= 15 is 0 Å². The zero-order valence-corrected chi connectivity index (χ0v) is 23.2. The van der Waals surface area contributed by atoms with Crippen LogP contribution in [0.5, 0.6) is 0 Å². The third-order valence-electron chi connectivity index (χ3n) is 7.42. The van der Waals surface area contributed by atoms with Crippen LogP contribution < -0.4 is 5.32 Å². The van der Waals surface area contributed by atoms with Crippen molar-refractivity contribution in [1.29, 1.82) is 0 Å². The van der Waals surface area contributed by atoms with E-state index in [9.17, 15) is 14.7 Å². The molecule has 3 aromatic rings. The Labute approximate surface area is 218 Å². The highest BCUT2D eigenvalue weighted by molar-refractivity contribution is 6.77. The lowest BCUT2D eigenvalue weighted by Gasteiger charge is -2.44. The second-order valence-electron chi connectivity index (χ2n) is 10.5. The Kier molecular flexibility index (Phi) is 7.93. The van der Waals surface area contributed by atoms with Crippen LogP contribution in [0.3, 0.4) is 0 Å². The summed E-state index contributed by atoms with van der Waals surface area (Å²) < 4.78 is 14.7. The van der Waals surface area contributed by atoms with E-state index in [1.807, 2.05) is 6.07 Å². The number of rotatable bonds is 9. The number of fused-ring (bicyclic) bond motifs is 1. The minimum Gasteiger partial charge on any atom is -0.402 e. The Bertz CT molecular complexity index is 1240. The summed E-state index contributed by atoms with van der Waals surface area (Å²) in [5, 5.41) is 13.3. The molecule has 0 unspecified atom stereocenters. The Balaban J connectivity index is 1.72. The molecule has 10 heteroatoms. The van der Waals surface area contributed by atoms with Crippen molar-refractivity contribution in [3.05, 3.63) is 54.5 Å². The van der Waals surface area contributed by atoms with E-state index in [0.717, 1.165) is 0 Å². The van der Waals surface area contributed by atoms with Crippen molar-refractivity contribution in [3.8, 4) is 0 Å². The Morgan fingerprint density at radius 2 is 1.73 bits per heavy atom. The molecule has 1 amide bonds. The molecule has 0 spiro atoms. The Morgan fingerprint density at radius 3 is 2.32 bits per heavy atom. The molecule has 3 atom stereocenters. The van der Waals surface area contributed by atoms with Crippen molar-refractivity contribution in [2.75, 3.05) is 11.9 Å². The van der Waals surface area contributed by atoms with E-state index in [2.05, 4.69) is 56.8 Å². The van der Waals surface area contributed by atoms with Gasteiger partial charge in [-0.15, -0.1) is 0 Å². The summed E-state index contributed by atoms with van der Waals surface area (Å²) in [5.74, 6) is -0.197. The van der Waals surface area contributed by atoms with Crippen LogP contribution in [0.2, 0.25) is 16.6 Å². The first kappa shape index (κ1) is 27.1. The van der Waals surface area contributed by atoms with Gasteiger partial charge in [0.15, 0.2) is 18.1 Å². The van der Waals surface area contributed by atoms with Gasteiger partial charge in [-0.2, -0.15) is 0 Å². The van der Waals surface area contributed by atoms with Crippen molar-refractivity contribution in [2.24, 2.45) is 0 Å². The monoisotopic (exact) mass is 524 g/mol. The summed E-state index contributed by atoms with van der Waals surface area (Å²) >= 11 is 0. The second kappa shape index (κ2) is 10.8. The lowest BCUT2D eigenvalue weighted by Crippen LogP contribution is -2.52. The summed E-state index contributed by atoms with van der Waals surface area (Å²) in [6.45, 7) is 12.5. The molecule has 37 heavy (non-hydrogen) atoms. The standard InChI is InChI=1S/C27H36N4O5Si/c1-16(2)37(17(3)4,18(5)6)36-23-22(33)21(14-32)35-27(23)31-13-12-20-24(28-15-29-25(20)31)30-26(34)19-10-8-7-9-11-19/h7-13,15-18,21,23,27,32H,14H2,1-6H3,(H,28,29,30,34)/t21-,23-,27-/m1/s1. The van der Waals surface area contributed by atoms with Gasteiger partial charge in [-0.1, -0.05) is 59.7 Å². The molecule has 3 heterocycles. The van der Waals surface area contributed by atoms with E-state index in [0.29, 0.717) is 22.4 Å². The zero-order valence-electron chi connectivity index (χ0n) is 22.2. The number of carbonyl (C=O) groups excluding carboxylic acids is 2. The molecule has 0 radical (unpaired) electrons. The topological polar surface area (TPSA) is 116 Å². The van der Waals surface area contributed by atoms with Gasteiger partial charge in [0.25, 0.3) is 5.91 Å². The van der Waals surface area contributed by atoms with Crippen LogP contribution >= 0.6 is 0 Å². The third kappa shape index (κ3) is 4.86. The lowest BCUT2D eigenvalue weighted by molar-refractivity contribution is -0.127. The molecule has 0 saturated carbocycles. The number of ketones is 1.